The third kappa shape index (κ3) is 2.42. The van der Waals surface area contributed by atoms with E-state index in [0.717, 1.165) is 34.5 Å². The zero-order valence-electron chi connectivity index (χ0n) is 10.0. The molecule has 0 fully saturated rings. The second-order valence-electron chi connectivity index (χ2n) is 3.93. The van der Waals surface area contributed by atoms with Gasteiger partial charge in [-0.1, -0.05) is 6.92 Å². The molecule has 0 aliphatic rings. The Morgan fingerprint density at radius 1 is 1.47 bits per heavy atom. The first-order chi connectivity index (χ1) is 8.15. The minimum Gasteiger partial charge on any atom is -0.331 e. The van der Waals surface area contributed by atoms with Gasteiger partial charge < -0.3 is 10.3 Å². The highest BCUT2D eigenvalue weighted by molar-refractivity contribution is 9.10. The van der Waals surface area contributed by atoms with Crippen molar-refractivity contribution in [2.45, 2.75) is 26.4 Å². The zero-order chi connectivity index (χ0) is 12.4. The molecule has 2 heterocycles. The molecule has 0 aromatic carbocycles. The zero-order valence-corrected chi connectivity index (χ0v) is 11.6. The van der Waals surface area contributed by atoms with Crippen LogP contribution in [0.2, 0.25) is 0 Å². The summed E-state index contributed by atoms with van der Waals surface area (Å²) >= 11 is 3.60. The van der Waals surface area contributed by atoms with Crippen molar-refractivity contribution in [3.8, 4) is 0 Å². The highest BCUT2D eigenvalue weighted by atomic mass is 79.9. The fraction of sp³-hybridized carbons (Fsp3) is 0.455. The predicted molar refractivity (Wildman–Crippen MR) is 69.5 cm³/mol. The average molecular weight is 298 g/mol. The lowest BCUT2D eigenvalue weighted by molar-refractivity contribution is 0.659. The van der Waals surface area contributed by atoms with Gasteiger partial charge in [0.25, 0.3) is 0 Å². The molecule has 0 spiro atoms. The maximum absolute atomic E-state index is 5.54. The number of aromatic nitrogens is 4. The number of nitrogens with zero attached hydrogens (tertiary/aromatic N) is 4. The van der Waals surface area contributed by atoms with Crippen LogP contribution in [0, 0.1) is 0 Å². The van der Waals surface area contributed by atoms with Crippen LogP contribution >= 0.6 is 15.9 Å². The molecular weight excluding hydrogens is 282 g/mol. The van der Waals surface area contributed by atoms with Gasteiger partial charge in [0.1, 0.15) is 0 Å². The van der Waals surface area contributed by atoms with Crippen LogP contribution in [0.25, 0.3) is 0 Å². The summed E-state index contributed by atoms with van der Waals surface area (Å²) in [6.07, 6.45) is 4.69. The Balaban J connectivity index is 2.26. The van der Waals surface area contributed by atoms with Crippen molar-refractivity contribution in [2.75, 3.05) is 0 Å². The van der Waals surface area contributed by atoms with E-state index in [0.29, 0.717) is 6.54 Å². The minimum atomic E-state index is 0.472. The lowest BCUT2D eigenvalue weighted by atomic mass is 10.3. The third-order valence-electron chi connectivity index (χ3n) is 2.73. The number of hydrogen-bond donors (Lipinski definition) is 1. The largest absolute Gasteiger partial charge is 0.331 e. The van der Waals surface area contributed by atoms with Gasteiger partial charge in [-0.25, -0.2) is 4.98 Å². The maximum atomic E-state index is 5.54. The van der Waals surface area contributed by atoms with Gasteiger partial charge in [0, 0.05) is 19.8 Å². The third-order valence-corrected chi connectivity index (χ3v) is 3.65. The Bertz CT molecular complexity index is 514. The van der Waals surface area contributed by atoms with Crippen LogP contribution in [0.1, 0.15) is 24.0 Å². The van der Waals surface area contributed by atoms with Crippen molar-refractivity contribution in [1.29, 1.82) is 0 Å². The Hall–Kier alpha value is -1.14. The van der Waals surface area contributed by atoms with Crippen molar-refractivity contribution in [1.82, 2.24) is 19.3 Å². The molecule has 0 unspecified atom stereocenters. The molecule has 0 amide bonds. The smallest absolute Gasteiger partial charge is 0.0953 e. The Labute approximate surface area is 109 Å². The van der Waals surface area contributed by atoms with Gasteiger partial charge in [-0.2, -0.15) is 5.10 Å². The average Bonchev–Trinajstić information content (AvgIpc) is 2.88. The molecule has 92 valence electrons. The van der Waals surface area contributed by atoms with Crippen molar-refractivity contribution >= 4 is 15.9 Å². The topological polar surface area (TPSA) is 61.7 Å². The first-order valence-corrected chi connectivity index (χ1v) is 6.36. The van der Waals surface area contributed by atoms with Crippen LogP contribution in [0.15, 0.2) is 17.0 Å². The van der Waals surface area contributed by atoms with Gasteiger partial charge in [-0.05, 0) is 22.4 Å². The molecule has 0 bridgehead atoms. The molecule has 0 radical (unpaired) electrons. The van der Waals surface area contributed by atoms with Crippen LogP contribution < -0.4 is 5.73 Å². The lowest BCUT2D eigenvalue weighted by Crippen LogP contribution is -2.04. The van der Waals surface area contributed by atoms with Gasteiger partial charge in [0.15, 0.2) is 0 Å². The lowest BCUT2D eigenvalue weighted by Gasteiger charge is -2.03. The van der Waals surface area contributed by atoms with Crippen LogP contribution in [-0.2, 0) is 26.6 Å². The first-order valence-electron chi connectivity index (χ1n) is 5.56. The van der Waals surface area contributed by atoms with Crippen molar-refractivity contribution < 1.29 is 0 Å². The number of halogens is 1. The molecule has 0 saturated carbocycles. The summed E-state index contributed by atoms with van der Waals surface area (Å²) in [6, 6.07) is 0. The normalized spacial score (nSPS) is 11.1. The van der Waals surface area contributed by atoms with E-state index in [2.05, 4.69) is 32.9 Å². The van der Waals surface area contributed by atoms with E-state index >= 15 is 0 Å². The fourth-order valence-electron chi connectivity index (χ4n) is 1.76. The van der Waals surface area contributed by atoms with Gasteiger partial charge >= 0.3 is 0 Å². The van der Waals surface area contributed by atoms with Gasteiger partial charge in [-0.15, -0.1) is 0 Å². The number of aryl methyl sites for hydroxylation is 2. The number of imidazole rings is 1. The van der Waals surface area contributed by atoms with Crippen molar-refractivity contribution in [3.63, 3.8) is 0 Å². The molecule has 2 rings (SSSR count). The SMILES string of the molecule is CCc1nn(C)c(Cn2cnc(CN)c2)c1Br. The van der Waals surface area contributed by atoms with Crippen LogP contribution in [0.3, 0.4) is 0 Å². The second kappa shape index (κ2) is 5.01. The van der Waals surface area contributed by atoms with Crippen molar-refractivity contribution in [3.05, 3.63) is 34.1 Å². The molecule has 2 aromatic heterocycles. The van der Waals surface area contributed by atoms with E-state index in [9.17, 15) is 0 Å². The fourth-order valence-corrected chi connectivity index (χ4v) is 2.50. The molecule has 5 nitrogen and oxygen atoms in total. The number of hydrogen-bond acceptors (Lipinski definition) is 3. The molecule has 0 aliphatic heterocycles. The maximum Gasteiger partial charge on any atom is 0.0953 e. The molecule has 0 aliphatic carbocycles. The summed E-state index contributed by atoms with van der Waals surface area (Å²) in [4.78, 5) is 4.21. The van der Waals surface area contributed by atoms with E-state index in [1.807, 2.05) is 22.5 Å². The Morgan fingerprint density at radius 2 is 2.24 bits per heavy atom. The predicted octanol–water partition coefficient (Wildman–Crippen LogP) is 1.45. The number of rotatable bonds is 4. The van der Waals surface area contributed by atoms with Gasteiger partial charge in [0.05, 0.1) is 34.4 Å². The summed E-state index contributed by atoms with van der Waals surface area (Å²) in [7, 11) is 1.96. The number of nitrogens with two attached hydrogens (primary N) is 1. The molecular formula is C11H16BrN5. The molecule has 17 heavy (non-hydrogen) atoms. The van der Waals surface area contributed by atoms with Crippen LogP contribution in [0.5, 0.6) is 0 Å². The summed E-state index contributed by atoms with van der Waals surface area (Å²) in [5.41, 5.74) is 8.67. The Kier molecular flexibility index (Phi) is 3.63. The molecule has 0 atom stereocenters. The highest BCUT2D eigenvalue weighted by Gasteiger charge is 2.12. The molecule has 6 heteroatoms. The summed E-state index contributed by atoms with van der Waals surface area (Å²) in [5.74, 6) is 0. The van der Waals surface area contributed by atoms with E-state index in [1.165, 1.54) is 0 Å². The molecule has 0 saturated heterocycles. The summed E-state index contributed by atoms with van der Waals surface area (Å²) in [6.45, 7) is 3.32. The first kappa shape index (κ1) is 12.3. The van der Waals surface area contributed by atoms with E-state index < -0.39 is 0 Å². The standard InChI is InChI=1S/C11H16BrN5/c1-3-9-11(12)10(16(2)15-9)6-17-5-8(4-13)14-7-17/h5,7H,3-4,6,13H2,1-2H3. The quantitative estimate of drug-likeness (QED) is 0.929. The van der Waals surface area contributed by atoms with Gasteiger partial charge in [0.2, 0.25) is 0 Å². The summed E-state index contributed by atoms with van der Waals surface area (Å²) < 4.78 is 5.01. The molecule has 2 N–H and O–H groups in total. The van der Waals surface area contributed by atoms with E-state index in [-0.39, 0.29) is 0 Å². The highest BCUT2D eigenvalue weighted by Crippen LogP contribution is 2.22. The minimum absolute atomic E-state index is 0.472. The van der Waals surface area contributed by atoms with Gasteiger partial charge in [-0.3, -0.25) is 4.68 Å². The van der Waals surface area contributed by atoms with Crippen LogP contribution in [0.4, 0.5) is 0 Å². The Morgan fingerprint density at radius 3 is 2.76 bits per heavy atom. The monoisotopic (exact) mass is 297 g/mol. The molecule has 2 aromatic rings. The van der Waals surface area contributed by atoms with E-state index in [4.69, 9.17) is 5.73 Å². The van der Waals surface area contributed by atoms with E-state index in [1.54, 1.807) is 6.33 Å². The van der Waals surface area contributed by atoms with Crippen LogP contribution in [-0.4, -0.2) is 19.3 Å². The second-order valence-corrected chi connectivity index (χ2v) is 4.72. The summed E-state index contributed by atoms with van der Waals surface area (Å²) in [5, 5.41) is 4.46. The van der Waals surface area contributed by atoms with Crippen molar-refractivity contribution in [2.24, 2.45) is 12.8 Å².